The minimum Gasteiger partial charge on any atom is -0.393 e. The average molecular weight is 226 g/mol. The Morgan fingerprint density at radius 2 is 2.20 bits per heavy atom. The molecule has 0 aliphatic heterocycles. The van der Waals surface area contributed by atoms with Gasteiger partial charge in [-0.2, -0.15) is 0 Å². The lowest BCUT2D eigenvalue weighted by molar-refractivity contribution is -0.115. The largest absolute Gasteiger partial charge is 0.393 e. The number of hydrogen-bond acceptors (Lipinski definition) is 2. The van der Waals surface area contributed by atoms with Gasteiger partial charge < -0.3 is 11.1 Å². The second kappa shape index (κ2) is 4.84. The van der Waals surface area contributed by atoms with Crippen molar-refractivity contribution in [2.75, 3.05) is 5.32 Å². The van der Waals surface area contributed by atoms with Gasteiger partial charge in [-0.1, -0.05) is 12.2 Å². The maximum absolute atomic E-state index is 12.9. The molecule has 3 N–H and O–H groups in total. The topological polar surface area (TPSA) is 55.1 Å². The van der Waals surface area contributed by atoms with Crippen molar-refractivity contribution in [2.24, 2.45) is 5.73 Å². The van der Waals surface area contributed by atoms with E-state index in [4.69, 9.17) is 5.73 Å². The van der Waals surface area contributed by atoms with Crippen molar-refractivity contribution in [3.8, 4) is 0 Å². The Labute approximate surface area is 92.5 Å². The molecule has 1 rings (SSSR count). The third-order valence-corrected chi connectivity index (χ3v) is 1.81. The first kappa shape index (κ1) is 11.6. The van der Waals surface area contributed by atoms with E-state index in [1.807, 2.05) is 0 Å². The third-order valence-electron chi connectivity index (χ3n) is 1.66. The summed E-state index contributed by atoms with van der Waals surface area (Å²) in [5.41, 5.74) is 6.35. The summed E-state index contributed by atoms with van der Waals surface area (Å²) < 4.78 is 12.9. The summed E-state index contributed by atoms with van der Waals surface area (Å²) in [4.78, 5) is 11.4. The smallest absolute Gasteiger partial charge is 0.231 e. The summed E-state index contributed by atoms with van der Waals surface area (Å²) in [7, 11) is 0. The molecule has 80 valence electrons. The van der Waals surface area contributed by atoms with Gasteiger partial charge in [0.15, 0.2) is 0 Å². The lowest BCUT2D eigenvalue weighted by Crippen LogP contribution is -2.20. The third kappa shape index (κ3) is 4.03. The molecule has 0 saturated carbocycles. The number of nitrogens with one attached hydrogen (secondary N) is 1. The molecule has 0 aromatic heterocycles. The van der Waals surface area contributed by atoms with Gasteiger partial charge >= 0.3 is 0 Å². The fourth-order valence-corrected chi connectivity index (χ4v) is 1.30. The SMILES string of the molecule is Cc1cc(F)cc(NC(=O)CC(N)=S)c1. The first-order chi connectivity index (χ1) is 6.97. The molecule has 0 spiro atoms. The fraction of sp³-hybridized carbons (Fsp3) is 0.200. The van der Waals surface area contributed by atoms with E-state index < -0.39 is 0 Å². The summed E-state index contributed by atoms with van der Waals surface area (Å²) in [5.74, 6) is -0.729. The van der Waals surface area contributed by atoms with Crippen molar-refractivity contribution in [1.29, 1.82) is 0 Å². The van der Waals surface area contributed by atoms with Crippen LogP contribution in [0, 0.1) is 12.7 Å². The first-order valence-electron chi connectivity index (χ1n) is 4.33. The second-order valence-electron chi connectivity index (χ2n) is 3.21. The van der Waals surface area contributed by atoms with E-state index in [0.717, 1.165) is 5.56 Å². The molecular weight excluding hydrogens is 215 g/mol. The molecular formula is C10H11FN2OS. The maximum Gasteiger partial charge on any atom is 0.231 e. The van der Waals surface area contributed by atoms with E-state index in [1.165, 1.54) is 12.1 Å². The van der Waals surface area contributed by atoms with Crippen LogP contribution in [-0.2, 0) is 4.79 Å². The number of amides is 1. The molecule has 0 heterocycles. The van der Waals surface area contributed by atoms with Crippen molar-refractivity contribution in [1.82, 2.24) is 0 Å². The van der Waals surface area contributed by atoms with Gasteiger partial charge in [0.1, 0.15) is 5.82 Å². The molecule has 1 aromatic rings. The standard InChI is InChI=1S/C10H11FN2OS/c1-6-2-7(11)4-8(3-6)13-10(14)5-9(12)15/h2-4H,5H2,1H3,(H2,12,15)(H,13,14). The van der Waals surface area contributed by atoms with Crippen LogP contribution in [-0.4, -0.2) is 10.9 Å². The molecule has 0 unspecified atom stereocenters. The lowest BCUT2D eigenvalue weighted by atomic mass is 10.2. The summed E-state index contributed by atoms with van der Waals surface area (Å²) >= 11 is 4.58. The quantitative estimate of drug-likeness (QED) is 0.772. The molecule has 0 fully saturated rings. The van der Waals surface area contributed by atoms with Crippen molar-refractivity contribution >= 4 is 28.8 Å². The number of carbonyl (C=O) groups is 1. The van der Waals surface area contributed by atoms with Crippen LogP contribution in [0.4, 0.5) is 10.1 Å². The van der Waals surface area contributed by atoms with Gasteiger partial charge in [-0.15, -0.1) is 0 Å². The van der Waals surface area contributed by atoms with Crippen LogP contribution in [0.5, 0.6) is 0 Å². The number of halogens is 1. The monoisotopic (exact) mass is 226 g/mol. The summed E-state index contributed by atoms with van der Waals surface area (Å²) in [5, 5.41) is 2.51. The van der Waals surface area contributed by atoms with Gasteiger partial charge in [0.05, 0.1) is 11.4 Å². The van der Waals surface area contributed by atoms with Crippen LogP contribution in [0.25, 0.3) is 0 Å². The van der Waals surface area contributed by atoms with E-state index >= 15 is 0 Å². The number of nitrogens with two attached hydrogens (primary N) is 1. The molecule has 0 saturated heterocycles. The number of carbonyl (C=O) groups excluding carboxylic acids is 1. The number of hydrogen-bond donors (Lipinski definition) is 2. The van der Waals surface area contributed by atoms with Crippen LogP contribution in [0.3, 0.4) is 0 Å². The highest BCUT2D eigenvalue weighted by Crippen LogP contribution is 2.13. The zero-order chi connectivity index (χ0) is 11.4. The molecule has 1 aromatic carbocycles. The summed E-state index contributed by atoms with van der Waals surface area (Å²) in [6.07, 6.45) is -0.0368. The lowest BCUT2D eigenvalue weighted by Gasteiger charge is -2.05. The summed E-state index contributed by atoms with van der Waals surface area (Å²) in [6, 6.07) is 4.29. The molecule has 0 aliphatic carbocycles. The Kier molecular flexibility index (Phi) is 3.74. The molecule has 0 atom stereocenters. The van der Waals surface area contributed by atoms with E-state index in [-0.39, 0.29) is 23.1 Å². The van der Waals surface area contributed by atoms with Crippen LogP contribution in [0.15, 0.2) is 18.2 Å². The number of benzene rings is 1. The number of rotatable bonds is 3. The van der Waals surface area contributed by atoms with Crippen molar-refractivity contribution in [3.05, 3.63) is 29.6 Å². The minimum atomic E-state index is -0.388. The van der Waals surface area contributed by atoms with E-state index in [2.05, 4.69) is 17.5 Å². The molecule has 1 amide bonds. The highest BCUT2D eigenvalue weighted by atomic mass is 32.1. The van der Waals surface area contributed by atoms with E-state index in [9.17, 15) is 9.18 Å². The summed E-state index contributed by atoms with van der Waals surface area (Å²) in [6.45, 7) is 1.74. The maximum atomic E-state index is 12.9. The van der Waals surface area contributed by atoms with Crippen molar-refractivity contribution < 1.29 is 9.18 Å². The Bertz CT molecular complexity index is 386. The zero-order valence-electron chi connectivity index (χ0n) is 8.21. The van der Waals surface area contributed by atoms with Gasteiger partial charge in [-0.3, -0.25) is 4.79 Å². The normalized spacial score (nSPS) is 9.73. The van der Waals surface area contributed by atoms with Gasteiger partial charge in [0, 0.05) is 5.69 Å². The Morgan fingerprint density at radius 3 is 2.73 bits per heavy atom. The van der Waals surface area contributed by atoms with Crippen molar-refractivity contribution in [3.63, 3.8) is 0 Å². The molecule has 0 radical (unpaired) electrons. The van der Waals surface area contributed by atoms with Crippen LogP contribution < -0.4 is 11.1 Å². The zero-order valence-corrected chi connectivity index (χ0v) is 9.03. The number of aryl methyl sites for hydroxylation is 1. The fourth-order valence-electron chi connectivity index (χ4n) is 1.17. The molecule has 0 aliphatic rings. The molecule has 0 bridgehead atoms. The van der Waals surface area contributed by atoms with Gasteiger partial charge in [-0.25, -0.2) is 4.39 Å². The number of thiocarbonyl (C=S) groups is 1. The minimum absolute atomic E-state index is 0.0368. The number of anilines is 1. The Hall–Kier alpha value is -1.49. The van der Waals surface area contributed by atoms with Crippen LogP contribution >= 0.6 is 12.2 Å². The van der Waals surface area contributed by atoms with Crippen LogP contribution in [0.1, 0.15) is 12.0 Å². The highest BCUT2D eigenvalue weighted by Gasteiger charge is 2.05. The second-order valence-corrected chi connectivity index (χ2v) is 3.73. The Balaban J connectivity index is 2.72. The van der Waals surface area contributed by atoms with Gasteiger partial charge in [-0.05, 0) is 30.7 Å². The van der Waals surface area contributed by atoms with E-state index in [1.54, 1.807) is 13.0 Å². The molecule has 3 nitrogen and oxygen atoms in total. The van der Waals surface area contributed by atoms with Crippen molar-refractivity contribution in [2.45, 2.75) is 13.3 Å². The predicted octanol–water partition coefficient (Wildman–Crippen LogP) is 1.75. The molecule has 5 heteroatoms. The predicted molar refractivity (Wildman–Crippen MR) is 61.2 cm³/mol. The molecule has 15 heavy (non-hydrogen) atoms. The van der Waals surface area contributed by atoms with Crippen LogP contribution in [0.2, 0.25) is 0 Å². The Morgan fingerprint density at radius 1 is 1.53 bits per heavy atom. The van der Waals surface area contributed by atoms with Gasteiger partial charge in [0.25, 0.3) is 0 Å². The highest BCUT2D eigenvalue weighted by molar-refractivity contribution is 7.80. The average Bonchev–Trinajstić information content (AvgIpc) is 1.98. The first-order valence-corrected chi connectivity index (χ1v) is 4.73. The van der Waals surface area contributed by atoms with E-state index in [0.29, 0.717) is 5.69 Å². The van der Waals surface area contributed by atoms with Gasteiger partial charge in [0.2, 0.25) is 5.91 Å².